The van der Waals surface area contributed by atoms with E-state index >= 15 is 0 Å². The lowest BCUT2D eigenvalue weighted by molar-refractivity contribution is 0.102. The molecule has 0 aliphatic heterocycles. The average molecular weight is 349 g/mol. The Kier molecular flexibility index (Phi) is 3.98. The Morgan fingerprint density at radius 1 is 1.04 bits per heavy atom. The minimum atomic E-state index is -0.576. The number of aromatic hydroxyl groups is 1. The number of H-pyrrole nitrogens is 1. The van der Waals surface area contributed by atoms with E-state index in [4.69, 9.17) is 23.2 Å². The quantitative estimate of drug-likeness (QED) is 0.658. The van der Waals surface area contributed by atoms with Crippen LogP contribution in [0.1, 0.15) is 10.4 Å². The summed E-state index contributed by atoms with van der Waals surface area (Å²) in [5, 5.41) is 13.9. The molecule has 0 spiro atoms. The summed E-state index contributed by atoms with van der Waals surface area (Å²) in [6, 6.07) is 11.1. The molecule has 0 bridgehead atoms. The van der Waals surface area contributed by atoms with Crippen LogP contribution in [0.5, 0.6) is 5.88 Å². The largest absolute Gasteiger partial charge is 0.494 e. The molecule has 3 rings (SSSR count). The molecule has 116 valence electrons. The number of hydrogen-bond donors (Lipinski definition) is 3. The van der Waals surface area contributed by atoms with Crippen molar-refractivity contribution in [3.63, 3.8) is 0 Å². The number of pyridine rings is 1. The Morgan fingerprint density at radius 3 is 2.43 bits per heavy atom. The van der Waals surface area contributed by atoms with E-state index in [-0.39, 0.29) is 5.56 Å². The minimum Gasteiger partial charge on any atom is -0.494 e. The fourth-order valence-corrected chi connectivity index (χ4v) is 2.56. The average Bonchev–Trinajstić information content (AvgIpc) is 2.51. The van der Waals surface area contributed by atoms with E-state index in [0.717, 1.165) is 0 Å². The molecule has 0 aliphatic rings. The van der Waals surface area contributed by atoms with Gasteiger partial charge in [-0.05, 0) is 24.3 Å². The predicted molar refractivity (Wildman–Crippen MR) is 90.6 cm³/mol. The van der Waals surface area contributed by atoms with E-state index in [0.29, 0.717) is 26.5 Å². The van der Waals surface area contributed by atoms with Crippen molar-refractivity contribution in [1.82, 2.24) is 4.98 Å². The summed E-state index contributed by atoms with van der Waals surface area (Å²) in [5.74, 6) is -1.07. The van der Waals surface area contributed by atoms with E-state index in [1.165, 1.54) is 6.07 Å². The normalized spacial score (nSPS) is 10.7. The van der Waals surface area contributed by atoms with E-state index in [1.54, 1.807) is 36.4 Å². The van der Waals surface area contributed by atoms with Gasteiger partial charge >= 0.3 is 0 Å². The van der Waals surface area contributed by atoms with Gasteiger partial charge in [-0.15, -0.1) is 0 Å². The van der Waals surface area contributed by atoms with Crippen LogP contribution >= 0.6 is 23.2 Å². The van der Waals surface area contributed by atoms with Crippen LogP contribution < -0.4 is 10.9 Å². The van der Waals surface area contributed by atoms with E-state index < -0.39 is 17.3 Å². The molecule has 0 aliphatic carbocycles. The van der Waals surface area contributed by atoms with Crippen LogP contribution in [0.15, 0.2) is 47.3 Å². The Labute approximate surface area is 140 Å². The first-order valence-electron chi connectivity index (χ1n) is 6.58. The first-order valence-corrected chi connectivity index (χ1v) is 7.33. The zero-order chi connectivity index (χ0) is 16.6. The fraction of sp³-hybridized carbons (Fsp3) is 0. The van der Waals surface area contributed by atoms with Crippen LogP contribution in [-0.4, -0.2) is 16.0 Å². The molecule has 0 unspecified atom stereocenters. The van der Waals surface area contributed by atoms with Gasteiger partial charge in [-0.1, -0.05) is 41.4 Å². The summed E-state index contributed by atoms with van der Waals surface area (Å²) >= 11 is 11.7. The Morgan fingerprint density at radius 2 is 1.74 bits per heavy atom. The molecule has 0 saturated heterocycles. The highest BCUT2D eigenvalue weighted by molar-refractivity contribution is 6.42. The van der Waals surface area contributed by atoms with Crippen LogP contribution in [-0.2, 0) is 0 Å². The van der Waals surface area contributed by atoms with Crippen molar-refractivity contribution in [2.24, 2.45) is 0 Å². The summed E-state index contributed by atoms with van der Waals surface area (Å²) in [4.78, 5) is 26.6. The summed E-state index contributed by atoms with van der Waals surface area (Å²) in [7, 11) is 0. The third-order valence-electron chi connectivity index (χ3n) is 3.31. The lowest BCUT2D eigenvalue weighted by Crippen LogP contribution is -2.17. The molecule has 7 heteroatoms. The zero-order valence-corrected chi connectivity index (χ0v) is 13.1. The second-order valence-corrected chi connectivity index (χ2v) is 5.62. The minimum absolute atomic E-state index is 0.0220. The molecule has 0 saturated carbocycles. The second kappa shape index (κ2) is 5.95. The number of carbonyl (C=O) groups is 1. The molecule has 5 nitrogen and oxygen atoms in total. The van der Waals surface area contributed by atoms with Crippen molar-refractivity contribution in [3.8, 4) is 5.88 Å². The topological polar surface area (TPSA) is 82.2 Å². The molecule has 3 aromatic rings. The van der Waals surface area contributed by atoms with E-state index in [1.807, 2.05) is 0 Å². The van der Waals surface area contributed by atoms with Gasteiger partial charge in [-0.3, -0.25) is 14.6 Å². The second-order valence-electron chi connectivity index (χ2n) is 4.81. The van der Waals surface area contributed by atoms with Gasteiger partial charge in [-0.25, -0.2) is 0 Å². The maximum Gasteiger partial charge on any atom is 0.261 e. The molecule has 2 aromatic carbocycles. The predicted octanol–water partition coefficient (Wildman–Crippen LogP) is 3.79. The number of hydrogen-bond acceptors (Lipinski definition) is 3. The van der Waals surface area contributed by atoms with Gasteiger partial charge in [0.05, 0.1) is 10.0 Å². The number of aromatic nitrogens is 1. The molecular formula is C16H10Cl2N2O3. The van der Waals surface area contributed by atoms with Gasteiger partial charge in [0.15, 0.2) is 0 Å². The van der Waals surface area contributed by atoms with E-state index in [9.17, 15) is 14.7 Å². The molecule has 0 atom stereocenters. The van der Waals surface area contributed by atoms with Gasteiger partial charge in [0, 0.05) is 16.5 Å². The highest BCUT2D eigenvalue weighted by Crippen LogP contribution is 2.27. The van der Waals surface area contributed by atoms with Crippen molar-refractivity contribution in [1.29, 1.82) is 0 Å². The SMILES string of the molecule is O=C(Nc1ccc(Cl)c(Cl)c1)c1c(O)[nH]c(=O)c2ccccc12. The number of nitrogens with one attached hydrogen (secondary N) is 2. The van der Waals surface area contributed by atoms with Gasteiger partial charge in [0.25, 0.3) is 11.5 Å². The number of aromatic amines is 1. The van der Waals surface area contributed by atoms with Crippen molar-refractivity contribution in [2.45, 2.75) is 0 Å². The maximum atomic E-state index is 12.5. The summed E-state index contributed by atoms with van der Waals surface area (Å²) in [5.41, 5.74) is -0.0745. The number of carbonyl (C=O) groups excluding carboxylic acids is 1. The van der Waals surface area contributed by atoms with Crippen LogP contribution in [0.4, 0.5) is 5.69 Å². The maximum absolute atomic E-state index is 12.5. The molecule has 0 fully saturated rings. The summed E-state index contributed by atoms with van der Waals surface area (Å²) in [6.07, 6.45) is 0. The third-order valence-corrected chi connectivity index (χ3v) is 4.05. The smallest absolute Gasteiger partial charge is 0.261 e. The number of benzene rings is 2. The molecule has 3 N–H and O–H groups in total. The molecule has 0 radical (unpaired) electrons. The van der Waals surface area contributed by atoms with Crippen LogP contribution in [0, 0.1) is 0 Å². The van der Waals surface area contributed by atoms with Crippen molar-refractivity contribution in [3.05, 3.63) is 68.4 Å². The van der Waals surface area contributed by atoms with Gasteiger partial charge < -0.3 is 10.4 Å². The van der Waals surface area contributed by atoms with Crippen LogP contribution in [0.3, 0.4) is 0 Å². The lowest BCUT2D eigenvalue weighted by Gasteiger charge is -2.10. The zero-order valence-electron chi connectivity index (χ0n) is 11.6. The van der Waals surface area contributed by atoms with Gasteiger partial charge in [0.1, 0.15) is 5.56 Å². The van der Waals surface area contributed by atoms with Crippen LogP contribution in [0.2, 0.25) is 10.0 Å². The summed E-state index contributed by atoms with van der Waals surface area (Å²) in [6.45, 7) is 0. The van der Waals surface area contributed by atoms with Gasteiger partial charge in [-0.2, -0.15) is 0 Å². The summed E-state index contributed by atoms with van der Waals surface area (Å²) < 4.78 is 0. The molecular weight excluding hydrogens is 339 g/mol. The highest BCUT2D eigenvalue weighted by atomic mass is 35.5. The van der Waals surface area contributed by atoms with Gasteiger partial charge in [0.2, 0.25) is 5.88 Å². The van der Waals surface area contributed by atoms with Crippen molar-refractivity contribution in [2.75, 3.05) is 5.32 Å². The molecule has 1 amide bonds. The van der Waals surface area contributed by atoms with Crippen molar-refractivity contribution < 1.29 is 9.90 Å². The first kappa shape index (κ1) is 15.4. The standard InChI is InChI=1S/C16H10Cl2N2O3/c17-11-6-5-8(7-12(11)18)19-15(22)13-9-3-1-2-4-10(9)14(21)20-16(13)23/h1-7H,(H,19,22)(H2,20,21,23). The number of rotatable bonds is 2. The third kappa shape index (κ3) is 2.88. The molecule has 1 aromatic heterocycles. The Hall–Kier alpha value is -2.50. The Bertz CT molecular complexity index is 983. The van der Waals surface area contributed by atoms with Crippen LogP contribution in [0.25, 0.3) is 10.8 Å². The first-order chi connectivity index (χ1) is 11.0. The number of halogens is 2. The monoisotopic (exact) mass is 348 g/mol. The fourth-order valence-electron chi connectivity index (χ4n) is 2.26. The Balaban J connectivity index is 2.07. The molecule has 1 heterocycles. The lowest BCUT2D eigenvalue weighted by atomic mass is 10.1. The highest BCUT2D eigenvalue weighted by Gasteiger charge is 2.18. The number of fused-ring (bicyclic) bond motifs is 1. The van der Waals surface area contributed by atoms with E-state index in [2.05, 4.69) is 10.3 Å². The van der Waals surface area contributed by atoms with Crippen molar-refractivity contribution >= 4 is 45.6 Å². The molecule has 23 heavy (non-hydrogen) atoms. The number of amides is 1. The number of anilines is 1.